The number of ether oxygens (including phenoxy) is 1. The van der Waals surface area contributed by atoms with Crippen LogP contribution in [0.1, 0.15) is 44.6 Å². The Kier molecular flexibility index (Phi) is 3.12. The third kappa shape index (κ3) is 2.68. The van der Waals surface area contributed by atoms with E-state index < -0.39 is 0 Å². The van der Waals surface area contributed by atoms with Gasteiger partial charge in [0.15, 0.2) is 0 Å². The quantitative estimate of drug-likeness (QED) is 0.751. The Morgan fingerprint density at radius 2 is 2.05 bits per heavy atom. The molecule has 0 aromatic heterocycles. The Bertz CT molecular complexity index is 463. The number of esters is 1. The molecule has 0 spiro atoms. The maximum absolute atomic E-state index is 11.6. The number of benzene rings is 1. The number of hydrogen-bond donors (Lipinski definition) is 0. The largest absolute Gasteiger partial charge is 0.465 e. The lowest BCUT2D eigenvalue weighted by Crippen LogP contribution is -2.16. The molecule has 3 atom stereocenters. The molecule has 3 rings (SSSR count). The number of rotatable bonds is 5. The summed E-state index contributed by atoms with van der Waals surface area (Å²) in [5.41, 5.74) is 1.59. The minimum atomic E-state index is 0.0271. The van der Waals surface area contributed by atoms with Crippen molar-refractivity contribution in [2.24, 2.45) is 17.3 Å². The third-order valence-electron chi connectivity index (χ3n) is 4.81. The van der Waals surface area contributed by atoms with Gasteiger partial charge in [-0.15, -0.1) is 0 Å². The van der Waals surface area contributed by atoms with Gasteiger partial charge >= 0.3 is 5.97 Å². The second kappa shape index (κ2) is 4.66. The summed E-state index contributed by atoms with van der Waals surface area (Å²) in [6.45, 7) is 5.13. The average molecular weight is 258 g/mol. The molecule has 102 valence electrons. The van der Waals surface area contributed by atoms with E-state index in [1.54, 1.807) is 0 Å². The zero-order valence-electron chi connectivity index (χ0n) is 11.8. The first-order valence-electron chi connectivity index (χ1n) is 7.32. The van der Waals surface area contributed by atoms with Gasteiger partial charge in [-0.25, -0.2) is 0 Å². The molecule has 1 aromatic rings. The highest BCUT2D eigenvalue weighted by Crippen LogP contribution is 2.59. The lowest BCUT2D eigenvalue weighted by atomic mass is 9.91. The molecule has 1 aromatic carbocycles. The first-order chi connectivity index (χ1) is 9.10. The zero-order chi connectivity index (χ0) is 13.5. The minimum absolute atomic E-state index is 0.0271. The molecular weight excluding hydrogens is 236 g/mol. The second-order valence-electron chi connectivity index (χ2n) is 6.55. The van der Waals surface area contributed by atoms with Gasteiger partial charge in [-0.2, -0.15) is 0 Å². The van der Waals surface area contributed by atoms with Crippen LogP contribution in [0.15, 0.2) is 30.3 Å². The van der Waals surface area contributed by atoms with Crippen LogP contribution in [0.25, 0.3) is 0 Å². The van der Waals surface area contributed by atoms with Crippen molar-refractivity contribution in [2.45, 2.75) is 39.0 Å². The highest BCUT2D eigenvalue weighted by Gasteiger charge is 2.53. The number of carbonyl (C=O) groups is 1. The Balaban J connectivity index is 1.55. The summed E-state index contributed by atoms with van der Waals surface area (Å²) < 4.78 is 5.47. The summed E-state index contributed by atoms with van der Waals surface area (Å²) in [6, 6.07) is 10.6. The second-order valence-corrected chi connectivity index (χ2v) is 6.55. The van der Waals surface area contributed by atoms with Crippen LogP contribution < -0.4 is 0 Å². The summed E-state index contributed by atoms with van der Waals surface area (Å²) in [7, 11) is 0. The van der Waals surface area contributed by atoms with Crippen molar-refractivity contribution < 1.29 is 9.53 Å². The van der Waals surface area contributed by atoms with Gasteiger partial charge in [-0.1, -0.05) is 44.2 Å². The molecule has 0 radical (unpaired) electrons. The smallest absolute Gasteiger partial charge is 0.308 e. The fourth-order valence-electron chi connectivity index (χ4n) is 3.05. The van der Waals surface area contributed by atoms with Crippen molar-refractivity contribution in [1.82, 2.24) is 0 Å². The van der Waals surface area contributed by atoms with Crippen LogP contribution >= 0.6 is 0 Å². The molecule has 0 N–H and O–H groups in total. The van der Waals surface area contributed by atoms with Crippen LogP contribution in [0.2, 0.25) is 0 Å². The monoisotopic (exact) mass is 258 g/mol. The summed E-state index contributed by atoms with van der Waals surface area (Å²) in [6.07, 6.45) is 3.22. The molecule has 0 bridgehead atoms. The van der Waals surface area contributed by atoms with Crippen molar-refractivity contribution in [3.8, 4) is 0 Å². The molecule has 0 aliphatic heterocycles. The molecule has 0 unspecified atom stereocenters. The van der Waals surface area contributed by atoms with Gasteiger partial charge in [-0.05, 0) is 36.7 Å². The molecule has 0 heterocycles. The van der Waals surface area contributed by atoms with Gasteiger partial charge in [0.05, 0.1) is 12.5 Å². The van der Waals surface area contributed by atoms with E-state index in [9.17, 15) is 4.79 Å². The SMILES string of the molecule is C[C@H](c1ccccc1)[C@@H]1C[C@@]1(C)COC(=O)C1CC1. The van der Waals surface area contributed by atoms with Gasteiger partial charge in [0.25, 0.3) is 0 Å². The van der Waals surface area contributed by atoms with E-state index >= 15 is 0 Å². The molecule has 2 nitrogen and oxygen atoms in total. The predicted molar refractivity (Wildman–Crippen MR) is 74.8 cm³/mol. The van der Waals surface area contributed by atoms with E-state index in [1.807, 2.05) is 0 Å². The van der Waals surface area contributed by atoms with Gasteiger partial charge < -0.3 is 4.74 Å². The Morgan fingerprint density at radius 3 is 2.68 bits per heavy atom. The maximum atomic E-state index is 11.6. The minimum Gasteiger partial charge on any atom is -0.465 e. The summed E-state index contributed by atoms with van der Waals surface area (Å²) in [5, 5.41) is 0. The van der Waals surface area contributed by atoms with E-state index in [0.29, 0.717) is 18.4 Å². The third-order valence-corrected chi connectivity index (χ3v) is 4.81. The number of carbonyl (C=O) groups excluding carboxylic acids is 1. The van der Waals surface area contributed by atoms with Crippen LogP contribution in [0.4, 0.5) is 0 Å². The predicted octanol–water partition coefficient (Wildman–Crippen LogP) is 3.77. The van der Waals surface area contributed by atoms with Crippen LogP contribution in [0.3, 0.4) is 0 Å². The van der Waals surface area contributed by atoms with Gasteiger partial charge in [0.1, 0.15) is 0 Å². The van der Waals surface area contributed by atoms with E-state index in [0.717, 1.165) is 12.8 Å². The zero-order valence-corrected chi connectivity index (χ0v) is 11.8. The Morgan fingerprint density at radius 1 is 1.37 bits per heavy atom. The van der Waals surface area contributed by atoms with Crippen LogP contribution in [-0.2, 0) is 9.53 Å². The lowest BCUT2D eigenvalue weighted by molar-refractivity contribution is -0.147. The first-order valence-corrected chi connectivity index (χ1v) is 7.32. The number of hydrogen-bond acceptors (Lipinski definition) is 2. The Hall–Kier alpha value is -1.31. The van der Waals surface area contributed by atoms with Crippen molar-refractivity contribution in [2.75, 3.05) is 6.61 Å². The first kappa shape index (κ1) is 12.7. The normalized spacial score (nSPS) is 30.7. The Labute approximate surface area is 115 Å². The van der Waals surface area contributed by atoms with Gasteiger partial charge in [-0.3, -0.25) is 4.79 Å². The molecule has 0 saturated heterocycles. The van der Waals surface area contributed by atoms with Crippen LogP contribution in [0.5, 0.6) is 0 Å². The highest BCUT2D eigenvalue weighted by atomic mass is 16.5. The van der Waals surface area contributed by atoms with Gasteiger partial charge in [0, 0.05) is 5.41 Å². The van der Waals surface area contributed by atoms with E-state index in [2.05, 4.69) is 44.2 Å². The lowest BCUT2D eigenvalue weighted by Gasteiger charge is -2.17. The van der Waals surface area contributed by atoms with Crippen molar-refractivity contribution in [3.05, 3.63) is 35.9 Å². The molecule has 2 heteroatoms. The maximum Gasteiger partial charge on any atom is 0.308 e. The van der Waals surface area contributed by atoms with Crippen molar-refractivity contribution in [1.29, 1.82) is 0 Å². The molecule has 0 amide bonds. The fraction of sp³-hybridized carbons (Fsp3) is 0.588. The molecule has 19 heavy (non-hydrogen) atoms. The van der Waals surface area contributed by atoms with Crippen molar-refractivity contribution in [3.63, 3.8) is 0 Å². The molecular formula is C17H22O2. The summed E-state index contributed by atoms with van der Waals surface area (Å²) >= 11 is 0. The highest BCUT2D eigenvalue weighted by molar-refractivity contribution is 5.74. The standard InChI is InChI=1S/C17H22O2/c1-12(13-6-4-3-5-7-13)15-10-17(15,2)11-19-16(18)14-8-9-14/h3-7,12,14-15H,8-11H2,1-2H3/t12-,15+,17+/m1/s1. The molecule has 2 aliphatic rings. The van der Waals surface area contributed by atoms with Crippen molar-refractivity contribution >= 4 is 5.97 Å². The van der Waals surface area contributed by atoms with E-state index in [4.69, 9.17) is 4.74 Å². The van der Waals surface area contributed by atoms with E-state index in [-0.39, 0.29) is 17.3 Å². The summed E-state index contributed by atoms with van der Waals surface area (Å²) in [5.74, 6) is 1.43. The fourth-order valence-corrected chi connectivity index (χ4v) is 3.05. The van der Waals surface area contributed by atoms with E-state index in [1.165, 1.54) is 12.0 Å². The topological polar surface area (TPSA) is 26.3 Å². The molecule has 2 saturated carbocycles. The molecule has 2 aliphatic carbocycles. The average Bonchev–Trinajstić information content (AvgIpc) is 3.32. The van der Waals surface area contributed by atoms with Crippen LogP contribution in [0, 0.1) is 17.3 Å². The van der Waals surface area contributed by atoms with Crippen LogP contribution in [-0.4, -0.2) is 12.6 Å². The molecule has 2 fully saturated rings. The summed E-state index contributed by atoms with van der Waals surface area (Å²) in [4.78, 5) is 11.6. The van der Waals surface area contributed by atoms with Gasteiger partial charge in [0.2, 0.25) is 0 Å².